The lowest BCUT2D eigenvalue weighted by Crippen LogP contribution is -2.17. The lowest BCUT2D eigenvalue weighted by molar-refractivity contribution is 0.279. The van der Waals surface area contributed by atoms with Crippen molar-refractivity contribution in [1.29, 1.82) is 0 Å². The Morgan fingerprint density at radius 1 is 1.00 bits per heavy atom. The van der Waals surface area contributed by atoms with Crippen LogP contribution in [0.1, 0.15) is 19.4 Å². The minimum atomic E-state index is -0.144. The standard InChI is InChI=1S/C17H18N2O/c1-17(2)12-20-16(19-17)14-10-6-7-11-15(14)18-13-8-4-3-5-9-13/h3-11,18H,12H2,1-2H3. The Kier molecular flexibility index (Phi) is 3.18. The van der Waals surface area contributed by atoms with Gasteiger partial charge in [-0.3, -0.25) is 0 Å². The largest absolute Gasteiger partial charge is 0.475 e. The van der Waals surface area contributed by atoms with Crippen molar-refractivity contribution >= 4 is 17.3 Å². The molecule has 0 bridgehead atoms. The van der Waals surface area contributed by atoms with Gasteiger partial charge in [-0.25, -0.2) is 4.99 Å². The number of rotatable bonds is 3. The minimum absolute atomic E-state index is 0.144. The van der Waals surface area contributed by atoms with Gasteiger partial charge in [-0.2, -0.15) is 0 Å². The summed E-state index contributed by atoms with van der Waals surface area (Å²) in [5.41, 5.74) is 2.92. The Morgan fingerprint density at radius 2 is 1.70 bits per heavy atom. The van der Waals surface area contributed by atoms with Gasteiger partial charge in [0, 0.05) is 5.69 Å². The average molecular weight is 266 g/mol. The van der Waals surface area contributed by atoms with E-state index in [-0.39, 0.29) is 5.54 Å². The molecule has 1 heterocycles. The highest BCUT2D eigenvalue weighted by Crippen LogP contribution is 2.26. The number of hydrogen-bond acceptors (Lipinski definition) is 3. The first kappa shape index (κ1) is 12.7. The normalized spacial score (nSPS) is 16.4. The van der Waals surface area contributed by atoms with Crippen LogP contribution in [-0.2, 0) is 4.74 Å². The van der Waals surface area contributed by atoms with Crippen LogP contribution in [0.3, 0.4) is 0 Å². The van der Waals surface area contributed by atoms with E-state index in [1.54, 1.807) is 0 Å². The van der Waals surface area contributed by atoms with E-state index in [0.29, 0.717) is 12.5 Å². The number of hydrogen-bond donors (Lipinski definition) is 1. The zero-order valence-corrected chi connectivity index (χ0v) is 11.8. The average Bonchev–Trinajstić information content (AvgIpc) is 2.81. The quantitative estimate of drug-likeness (QED) is 0.911. The predicted molar refractivity (Wildman–Crippen MR) is 82.7 cm³/mol. The zero-order chi connectivity index (χ0) is 14.0. The molecule has 1 N–H and O–H groups in total. The fourth-order valence-electron chi connectivity index (χ4n) is 2.18. The Bertz CT molecular complexity index is 632. The smallest absolute Gasteiger partial charge is 0.218 e. The van der Waals surface area contributed by atoms with Crippen LogP contribution in [0.25, 0.3) is 0 Å². The summed E-state index contributed by atoms with van der Waals surface area (Å²) in [6, 6.07) is 18.2. The van der Waals surface area contributed by atoms with Gasteiger partial charge in [-0.05, 0) is 38.1 Å². The third-order valence-electron chi connectivity index (χ3n) is 3.18. The molecule has 0 atom stereocenters. The maximum atomic E-state index is 5.74. The lowest BCUT2D eigenvalue weighted by Gasteiger charge is -2.11. The first-order chi connectivity index (χ1) is 9.64. The van der Waals surface area contributed by atoms with Gasteiger partial charge in [-0.15, -0.1) is 0 Å². The fraction of sp³-hybridized carbons (Fsp3) is 0.235. The van der Waals surface area contributed by atoms with E-state index in [1.807, 2.05) is 54.6 Å². The molecule has 0 spiro atoms. The Labute approximate surface area is 119 Å². The van der Waals surface area contributed by atoms with E-state index in [4.69, 9.17) is 4.74 Å². The van der Waals surface area contributed by atoms with E-state index in [2.05, 4.69) is 24.2 Å². The van der Waals surface area contributed by atoms with Crippen molar-refractivity contribution in [3.05, 3.63) is 60.2 Å². The van der Waals surface area contributed by atoms with Crippen molar-refractivity contribution in [2.45, 2.75) is 19.4 Å². The summed E-state index contributed by atoms with van der Waals surface area (Å²) >= 11 is 0. The molecule has 1 aliphatic rings. The number of ether oxygens (including phenoxy) is 1. The fourth-order valence-corrected chi connectivity index (χ4v) is 2.18. The molecule has 0 amide bonds. The first-order valence-electron chi connectivity index (χ1n) is 6.78. The Hall–Kier alpha value is -2.29. The van der Waals surface area contributed by atoms with E-state index < -0.39 is 0 Å². The number of anilines is 2. The molecule has 0 fully saturated rings. The molecule has 1 aliphatic heterocycles. The van der Waals surface area contributed by atoms with Gasteiger partial charge in [0.2, 0.25) is 5.90 Å². The maximum Gasteiger partial charge on any atom is 0.218 e. The first-order valence-corrected chi connectivity index (χ1v) is 6.78. The molecule has 3 rings (SSSR count). The molecule has 3 heteroatoms. The van der Waals surface area contributed by atoms with Gasteiger partial charge in [0.05, 0.1) is 16.8 Å². The van der Waals surface area contributed by atoms with Gasteiger partial charge in [0.15, 0.2) is 0 Å². The van der Waals surface area contributed by atoms with Crippen LogP contribution in [0.2, 0.25) is 0 Å². The number of para-hydroxylation sites is 2. The number of benzene rings is 2. The maximum absolute atomic E-state index is 5.74. The lowest BCUT2D eigenvalue weighted by atomic mass is 10.1. The number of aliphatic imine (C=N–C) groups is 1. The highest BCUT2D eigenvalue weighted by molar-refractivity contribution is 6.01. The minimum Gasteiger partial charge on any atom is -0.475 e. The highest BCUT2D eigenvalue weighted by atomic mass is 16.5. The van der Waals surface area contributed by atoms with E-state index in [0.717, 1.165) is 16.9 Å². The summed E-state index contributed by atoms with van der Waals surface area (Å²) in [6.07, 6.45) is 0. The Balaban J connectivity index is 1.93. The summed E-state index contributed by atoms with van der Waals surface area (Å²) in [4.78, 5) is 4.65. The predicted octanol–water partition coefficient (Wildman–Crippen LogP) is 3.99. The molecule has 0 saturated heterocycles. The van der Waals surface area contributed by atoms with Crippen LogP contribution in [0, 0.1) is 0 Å². The van der Waals surface area contributed by atoms with Crippen molar-refractivity contribution in [1.82, 2.24) is 0 Å². The van der Waals surface area contributed by atoms with E-state index >= 15 is 0 Å². The topological polar surface area (TPSA) is 33.6 Å². The molecule has 0 aromatic heterocycles. The zero-order valence-electron chi connectivity index (χ0n) is 11.8. The SMILES string of the molecule is CC1(C)COC(c2ccccc2Nc2ccccc2)=N1. The van der Waals surface area contributed by atoms with Crippen LogP contribution in [-0.4, -0.2) is 18.0 Å². The molecule has 0 saturated carbocycles. The van der Waals surface area contributed by atoms with Crippen molar-refractivity contribution in [3.8, 4) is 0 Å². The summed E-state index contributed by atoms with van der Waals surface area (Å²) < 4.78 is 5.74. The molecule has 0 unspecified atom stereocenters. The van der Waals surface area contributed by atoms with Crippen molar-refractivity contribution in [3.63, 3.8) is 0 Å². The summed E-state index contributed by atoms with van der Waals surface area (Å²) in [5, 5.41) is 3.42. The second-order valence-electron chi connectivity index (χ2n) is 5.55. The van der Waals surface area contributed by atoms with Crippen LogP contribution < -0.4 is 5.32 Å². The third-order valence-corrected chi connectivity index (χ3v) is 3.18. The highest BCUT2D eigenvalue weighted by Gasteiger charge is 2.28. The molecule has 2 aromatic rings. The molecule has 3 nitrogen and oxygen atoms in total. The van der Waals surface area contributed by atoms with Gasteiger partial charge < -0.3 is 10.1 Å². The molecule has 20 heavy (non-hydrogen) atoms. The summed E-state index contributed by atoms with van der Waals surface area (Å²) in [6.45, 7) is 4.78. The van der Waals surface area contributed by atoms with Gasteiger partial charge in [0.1, 0.15) is 6.61 Å². The van der Waals surface area contributed by atoms with Crippen molar-refractivity contribution in [2.24, 2.45) is 4.99 Å². The van der Waals surface area contributed by atoms with Crippen LogP contribution in [0.4, 0.5) is 11.4 Å². The molecule has 2 aromatic carbocycles. The third kappa shape index (κ3) is 2.67. The molecule has 102 valence electrons. The van der Waals surface area contributed by atoms with E-state index in [9.17, 15) is 0 Å². The Morgan fingerprint density at radius 3 is 2.40 bits per heavy atom. The van der Waals surface area contributed by atoms with Crippen LogP contribution >= 0.6 is 0 Å². The number of nitrogens with one attached hydrogen (secondary N) is 1. The molecular formula is C17H18N2O. The van der Waals surface area contributed by atoms with E-state index in [1.165, 1.54) is 0 Å². The molecule has 0 radical (unpaired) electrons. The van der Waals surface area contributed by atoms with Gasteiger partial charge in [-0.1, -0.05) is 30.3 Å². The van der Waals surface area contributed by atoms with Crippen LogP contribution in [0.15, 0.2) is 59.6 Å². The van der Waals surface area contributed by atoms with Crippen molar-refractivity contribution in [2.75, 3.05) is 11.9 Å². The van der Waals surface area contributed by atoms with Gasteiger partial charge in [0.25, 0.3) is 0 Å². The monoisotopic (exact) mass is 266 g/mol. The van der Waals surface area contributed by atoms with Crippen molar-refractivity contribution < 1.29 is 4.74 Å². The summed E-state index contributed by atoms with van der Waals surface area (Å²) in [7, 11) is 0. The second kappa shape index (κ2) is 5.00. The molecule has 0 aliphatic carbocycles. The molecular weight excluding hydrogens is 248 g/mol. The van der Waals surface area contributed by atoms with Crippen LogP contribution in [0.5, 0.6) is 0 Å². The second-order valence-corrected chi connectivity index (χ2v) is 5.55. The van der Waals surface area contributed by atoms with Gasteiger partial charge >= 0.3 is 0 Å². The number of nitrogens with zero attached hydrogens (tertiary/aromatic N) is 1. The summed E-state index contributed by atoms with van der Waals surface area (Å²) in [5.74, 6) is 0.717.